The van der Waals surface area contributed by atoms with Crippen LogP contribution in [-0.2, 0) is 20.9 Å². The molecule has 0 bridgehead atoms. The van der Waals surface area contributed by atoms with Gasteiger partial charge in [0.15, 0.2) is 0 Å². The molecule has 2 aromatic rings. The Balaban J connectivity index is 1.58. The van der Waals surface area contributed by atoms with E-state index in [0.717, 1.165) is 60.9 Å². The molecule has 2 fully saturated rings. The van der Waals surface area contributed by atoms with E-state index in [0.29, 0.717) is 31.6 Å². The molecule has 0 spiro atoms. The van der Waals surface area contributed by atoms with Gasteiger partial charge in [-0.15, -0.1) is 6.58 Å². The lowest BCUT2D eigenvalue weighted by atomic mass is 9.55. The van der Waals surface area contributed by atoms with E-state index in [2.05, 4.69) is 12.7 Å². The summed E-state index contributed by atoms with van der Waals surface area (Å²) in [7, 11) is 0. The number of carbonyl (C=O) groups excluding carboxylic acids is 1. The number of aromatic hydroxyl groups is 1. The normalized spacial score (nSPS) is 27.5. The smallest absolute Gasteiger partial charge is 0.239 e. The number of hydrogen-bond acceptors (Lipinski definition) is 8. The molecule has 10 heteroatoms. The van der Waals surface area contributed by atoms with Gasteiger partial charge in [-0.05, 0) is 98.8 Å². The van der Waals surface area contributed by atoms with Crippen molar-refractivity contribution in [2.24, 2.45) is 28.8 Å². The van der Waals surface area contributed by atoms with Crippen molar-refractivity contribution in [2.75, 3.05) is 26.4 Å². The summed E-state index contributed by atoms with van der Waals surface area (Å²) in [5, 5.41) is 35.0. The lowest BCUT2D eigenvalue weighted by molar-refractivity contribution is -0.258. The summed E-state index contributed by atoms with van der Waals surface area (Å²) in [4.78, 5) is 22.1. The number of nitrogens with zero attached hydrogens (tertiary/aromatic N) is 2. The summed E-state index contributed by atoms with van der Waals surface area (Å²) < 4.78 is 28.1. The van der Waals surface area contributed by atoms with Crippen LogP contribution in [0.5, 0.6) is 11.5 Å². The van der Waals surface area contributed by atoms with Crippen molar-refractivity contribution >= 4 is 11.6 Å². The monoisotopic (exact) mass is 690 g/mol. The Morgan fingerprint density at radius 3 is 2.52 bits per heavy atom. The van der Waals surface area contributed by atoms with Crippen LogP contribution in [0.1, 0.15) is 81.8 Å². The zero-order chi connectivity index (χ0) is 35.3. The zero-order valence-corrected chi connectivity index (χ0v) is 29.0. The van der Waals surface area contributed by atoms with Crippen molar-refractivity contribution < 1.29 is 38.8 Å². The lowest BCUT2D eigenvalue weighted by Crippen LogP contribution is -2.70. The van der Waals surface area contributed by atoms with Gasteiger partial charge in [-0.3, -0.25) is 4.79 Å². The molecular weight excluding hydrogens is 639 g/mol. The second kappa shape index (κ2) is 16.1. The van der Waals surface area contributed by atoms with Crippen LogP contribution in [0, 0.1) is 29.5 Å². The van der Waals surface area contributed by atoms with E-state index in [-0.39, 0.29) is 67.5 Å². The number of aliphatic hydroxyl groups is 2. The number of oxime groups is 1. The minimum Gasteiger partial charge on any atom is -0.508 e. The van der Waals surface area contributed by atoms with E-state index in [9.17, 15) is 24.5 Å². The Bertz CT molecular complexity index is 1560. The van der Waals surface area contributed by atoms with Gasteiger partial charge in [0.1, 0.15) is 30.0 Å². The minimum atomic E-state index is -1.37. The first-order valence-corrected chi connectivity index (χ1v) is 18.3. The topological polar surface area (TPSA) is 121 Å². The third-order valence-electron chi connectivity index (χ3n) is 10.8. The van der Waals surface area contributed by atoms with E-state index < -0.39 is 17.7 Å². The second-order valence-corrected chi connectivity index (χ2v) is 14.1. The molecular formula is C40H51FN2O7. The van der Waals surface area contributed by atoms with Crippen LogP contribution in [0.3, 0.4) is 0 Å². The molecule has 2 saturated carbocycles. The number of ether oxygens (including phenoxy) is 2. The minimum absolute atomic E-state index is 0.00192. The Kier molecular flexibility index (Phi) is 11.6. The molecule has 1 aliphatic heterocycles. The molecule has 270 valence electrons. The second-order valence-electron chi connectivity index (χ2n) is 14.1. The van der Waals surface area contributed by atoms with Gasteiger partial charge in [0.05, 0.1) is 18.2 Å². The van der Waals surface area contributed by atoms with Crippen LogP contribution < -0.4 is 4.74 Å². The quantitative estimate of drug-likeness (QED) is 0.0969. The molecule has 0 aromatic heterocycles. The Morgan fingerprint density at radius 2 is 1.84 bits per heavy atom. The fraction of sp³-hybridized carbons (Fsp3) is 0.550. The largest absolute Gasteiger partial charge is 0.508 e. The number of phenols is 1. The molecule has 2 aromatic carbocycles. The number of benzene rings is 2. The summed E-state index contributed by atoms with van der Waals surface area (Å²) >= 11 is 0. The molecule has 9 nitrogen and oxygen atoms in total. The Labute approximate surface area is 294 Å². The number of amides is 1. The fourth-order valence-corrected chi connectivity index (χ4v) is 8.49. The standard InChI is InChI=1S/C40H51FN2O7/c1-3-21-48-40-36(43(39(47)27-13-14-27)25-26-11-15-29(41)16-12-26)24-34(42-49-4-2)32-22-28(9-5-7-19-44)31(10-6-8-20-45)37(38(32)40)33-23-30(46)17-18-35(33)50-40/h3,11-12,15-18,22-23,27-28,31,36-38,44-46H,1,4-10,13-14,19-21,24-25H2,2H3/t28-,31+,36-,37+,38+,40+/m0/s1. The molecule has 6 rings (SSSR count). The average Bonchev–Trinajstić information content (AvgIpc) is 3.97. The summed E-state index contributed by atoms with van der Waals surface area (Å²) in [5.74, 6) is -1.58. The number of aliphatic hydroxyl groups excluding tert-OH is 2. The third kappa shape index (κ3) is 7.34. The maximum Gasteiger partial charge on any atom is 0.239 e. The van der Waals surface area contributed by atoms with E-state index in [1.807, 2.05) is 11.8 Å². The molecule has 0 saturated heterocycles. The van der Waals surface area contributed by atoms with Gasteiger partial charge in [-0.1, -0.05) is 42.3 Å². The van der Waals surface area contributed by atoms with Crippen LogP contribution in [-0.4, -0.2) is 70.1 Å². The van der Waals surface area contributed by atoms with E-state index >= 15 is 0 Å². The predicted molar refractivity (Wildman–Crippen MR) is 188 cm³/mol. The highest BCUT2D eigenvalue weighted by Gasteiger charge is 2.65. The van der Waals surface area contributed by atoms with Gasteiger partial charge < -0.3 is 34.5 Å². The van der Waals surface area contributed by atoms with Crippen LogP contribution in [0.15, 0.2) is 71.9 Å². The van der Waals surface area contributed by atoms with Crippen LogP contribution in [0.25, 0.3) is 0 Å². The first-order chi connectivity index (χ1) is 24.3. The summed E-state index contributed by atoms with van der Waals surface area (Å²) in [6.07, 6.45) is 10.5. The van der Waals surface area contributed by atoms with Crippen molar-refractivity contribution in [1.29, 1.82) is 0 Å². The Hall–Kier alpha value is -3.73. The third-order valence-corrected chi connectivity index (χ3v) is 10.8. The summed E-state index contributed by atoms with van der Waals surface area (Å²) in [6.45, 7) is 6.82. The molecule has 50 heavy (non-hydrogen) atoms. The number of unbranched alkanes of at least 4 members (excludes halogenated alkanes) is 2. The number of allylic oxidation sites excluding steroid dienone is 1. The lowest BCUT2D eigenvalue weighted by Gasteiger charge is -2.60. The van der Waals surface area contributed by atoms with E-state index in [1.54, 1.807) is 36.4 Å². The van der Waals surface area contributed by atoms with Crippen LogP contribution >= 0.6 is 0 Å². The summed E-state index contributed by atoms with van der Waals surface area (Å²) in [5.41, 5.74) is 3.34. The average molecular weight is 691 g/mol. The van der Waals surface area contributed by atoms with E-state index in [4.69, 9.17) is 19.5 Å². The van der Waals surface area contributed by atoms with Crippen molar-refractivity contribution in [1.82, 2.24) is 4.90 Å². The molecule has 0 radical (unpaired) electrons. The van der Waals surface area contributed by atoms with Gasteiger partial charge in [0, 0.05) is 43.6 Å². The first kappa shape index (κ1) is 36.1. The molecule has 1 heterocycles. The van der Waals surface area contributed by atoms with Gasteiger partial charge >= 0.3 is 0 Å². The number of hydrogen-bond donors (Lipinski definition) is 3. The molecule has 0 unspecified atom stereocenters. The zero-order valence-electron chi connectivity index (χ0n) is 29.0. The number of fused-ring (bicyclic) bond motifs is 2. The first-order valence-electron chi connectivity index (χ1n) is 18.3. The molecule has 3 aliphatic carbocycles. The van der Waals surface area contributed by atoms with Gasteiger partial charge in [0.25, 0.3) is 0 Å². The van der Waals surface area contributed by atoms with Gasteiger partial charge in [-0.2, -0.15) is 0 Å². The van der Waals surface area contributed by atoms with Gasteiger partial charge in [0.2, 0.25) is 11.7 Å². The number of phenolic OH excluding ortho intramolecular Hbond substituents is 1. The van der Waals surface area contributed by atoms with Crippen LogP contribution in [0.4, 0.5) is 4.39 Å². The number of carbonyl (C=O) groups is 1. The van der Waals surface area contributed by atoms with Crippen molar-refractivity contribution in [3.05, 3.63) is 83.7 Å². The SMILES string of the molecule is C=CCO[C@@]12Oc3ccc(O)cc3[C@H]3[C@H](CCCCO)[C@@H](CCCCO)C=C(C(=NOCC)C[C@@H]1N(Cc1ccc(F)cc1)C(=O)C1CC1)[C@H]32. The van der Waals surface area contributed by atoms with E-state index in [1.165, 1.54) is 12.1 Å². The highest BCUT2D eigenvalue weighted by molar-refractivity contribution is 6.03. The van der Waals surface area contributed by atoms with Crippen molar-refractivity contribution in [3.8, 4) is 11.5 Å². The van der Waals surface area contributed by atoms with Crippen molar-refractivity contribution in [2.45, 2.75) is 89.0 Å². The number of halogens is 1. The highest BCUT2D eigenvalue weighted by atomic mass is 19.1. The Morgan fingerprint density at radius 1 is 1.10 bits per heavy atom. The summed E-state index contributed by atoms with van der Waals surface area (Å²) in [6, 6.07) is 10.8. The van der Waals surface area contributed by atoms with Crippen molar-refractivity contribution in [3.63, 3.8) is 0 Å². The predicted octanol–water partition coefficient (Wildman–Crippen LogP) is 6.62. The molecule has 1 amide bonds. The fourth-order valence-electron chi connectivity index (χ4n) is 8.49. The maximum absolute atomic E-state index is 14.4. The number of rotatable bonds is 17. The molecule has 4 aliphatic rings. The maximum atomic E-state index is 14.4. The molecule has 3 N–H and O–H groups in total. The highest BCUT2D eigenvalue weighted by Crippen LogP contribution is 2.62. The molecule has 6 atom stereocenters. The van der Waals surface area contributed by atoms with Crippen LogP contribution in [0.2, 0.25) is 0 Å². The van der Waals surface area contributed by atoms with Gasteiger partial charge in [-0.25, -0.2) is 4.39 Å².